The Morgan fingerprint density at radius 2 is 1.34 bits per heavy atom. The predicted octanol–water partition coefficient (Wildman–Crippen LogP) is 2.96. The molecule has 8 heteroatoms. The molecule has 29 heavy (non-hydrogen) atoms. The summed E-state index contributed by atoms with van der Waals surface area (Å²) in [7, 11) is 5.53. The van der Waals surface area contributed by atoms with Gasteiger partial charge < -0.3 is 24.3 Å². The molecule has 0 aliphatic rings. The number of methoxy groups -OCH3 is 4. The Balaban J connectivity index is 2.10. The van der Waals surface area contributed by atoms with Gasteiger partial charge in [-0.15, -0.1) is 0 Å². The van der Waals surface area contributed by atoms with E-state index < -0.39 is 11.9 Å². The molecule has 1 N–H and O–H groups in total. The van der Waals surface area contributed by atoms with Gasteiger partial charge in [-0.25, -0.2) is 9.59 Å². The van der Waals surface area contributed by atoms with E-state index in [2.05, 4.69) is 5.32 Å². The van der Waals surface area contributed by atoms with E-state index in [0.29, 0.717) is 29.3 Å². The topological polar surface area (TPSA) is 100 Å². The SMILES string of the molecule is COC(=O)c1cc(NCCC(=O)c2ccc(OC)c(OC)c2)cc(C(=O)OC)c1. The molecule has 8 nitrogen and oxygen atoms in total. The van der Waals surface area contributed by atoms with E-state index in [4.69, 9.17) is 18.9 Å². The fourth-order valence-electron chi connectivity index (χ4n) is 2.68. The molecule has 2 rings (SSSR count). The average molecular weight is 401 g/mol. The molecule has 0 amide bonds. The van der Waals surface area contributed by atoms with Crippen molar-refractivity contribution in [3.63, 3.8) is 0 Å². The predicted molar refractivity (Wildman–Crippen MR) is 106 cm³/mol. The quantitative estimate of drug-likeness (QED) is 0.506. The second-order valence-corrected chi connectivity index (χ2v) is 5.95. The van der Waals surface area contributed by atoms with Crippen LogP contribution >= 0.6 is 0 Å². The molecular weight excluding hydrogens is 378 g/mol. The Labute approximate surface area is 168 Å². The molecule has 0 aliphatic carbocycles. The molecule has 0 fully saturated rings. The van der Waals surface area contributed by atoms with E-state index in [1.165, 1.54) is 34.5 Å². The standard InChI is InChI=1S/C21H23NO7/c1-26-18-6-5-13(12-19(18)27-2)17(23)7-8-22-16-10-14(20(24)28-3)9-15(11-16)21(25)29-4/h5-6,9-12,22H,7-8H2,1-4H3. The molecule has 2 aromatic carbocycles. The molecule has 0 heterocycles. The van der Waals surface area contributed by atoms with Crippen molar-refractivity contribution in [2.45, 2.75) is 6.42 Å². The van der Waals surface area contributed by atoms with Crippen molar-refractivity contribution < 1.29 is 33.3 Å². The van der Waals surface area contributed by atoms with Crippen molar-refractivity contribution in [3.05, 3.63) is 53.1 Å². The maximum atomic E-state index is 12.5. The second-order valence-electron chi connectivity index (χ2n) is 5.95. The van der Waals surface area contributed by atoms with Gasteiger partial charge in [-0.05, 0) is 36.4 Å². The van der Waals surface area contributed by atoms with Gasteiger partial charge in [-0.2, -0.15) is 0 Å². The summed E-state index contributed by atoms with van der Waals surface area (Å²) in [6.07, 6.45) is 0.186. The van der Waals surface area contributed by atoms with Gasteiger partial charge in [0.1, 0.15) is 0 Å². The van der Waals surface area contributed by atoms with Gasteiger partial charge in [0.2, 0.25) is 0 Å². The Bertz CT molecular complexity index is 874. The van der Waals surface area contributed by atoms with Crippen LogP contribution in [0.15, 0.2) is 36.4 Å². The van der Waals surface area contributed by atoms with Crippen LogP contribution in [-0.4, -0.2) is 52.7 Å². The van der Waals surface area contributed by atoms with Crippen molar-refractivity contribution in [1.29, 1.82) is 0 Å². The van der Waals surface area contributed by atoms with E-state index in [-0.39, 0.29) is 23.3 Å². The lowest BCUT2D eigenvalue weighted by Crippen LogP contribution is -2.12. The molecule has 154 valence electrons. The summed E-state index contributed by atoms with van der Waals surface area (Å²) in [6, 6.07) is 9.42. The number of nitrogens with one attached hydrogen (secondary N) is 1. The van der Waals surface area contributed by atoms with Crippen molar-refractivity contribution >= 4 is 23.4 Å². The van der Waals surface area contributed by atoms with Crippen molar-refractivity contribution in [2.24, 2.45) is 0 Å². The summed E-state index contributed by atoms with van der Waals surface area (Å²) < 4.78 is 19.8. The smallest absolute Gasteiger partial charge is 0.337 e. The lowest BCUT2D eigenvalue weighted by Gasteiger charge is -2.11. The van der Waals surface area contributed by atoms with Gasteiger partial charge >= 0.3 is 11.9 Å². The van der Waals surface area contributed by atoms with Crippen LogP contribution < -0.4 is 14.8 Å². The number of benzene rings is 2. The fourth-order valence-corrected chi connectivity index (χ4v) is 2.68. The zero-order valence-corrected chi connectivity index (χ0v) is 16.7. The number of esters is 2. The number of anilines is 1. The first-order valence-electron chi connectivity index (χ1n) is 8.74. The summed E-state index contributed by atoms with van der Waals surface area (Å²) in [6.45, 7) is 0.290. The number of hydrogen-bond donors (Lipinski definition) is 1. The number of hydrogen-bond acceptors (Lipinski definition) is 8. The van der Waals surface area contributed by atoms with Crippen LogP contribution in [-0.2, 0) is 9.47 Å². The lowest BCUT2D eigenvalue weighted by molar-refractivity contribution is 0.0599. The Morgan fingerprint density at radius 3 is 1.86 bits per heavy atom. The Kier molecular flexibility index (Phi) is 7.59. The largest absolute Gasteiger partial charge is 0.493 e. The number of carbonyl (C=O) groups excluding carboxylic acids is 3. The molecule has 0 atom stereocenters. The lowest BCUT2D eigenvalue weighted by atomic mass is 10.1. The molecule has 0 saturated heterocycles. The minimum Gasteiger partial charge on any atom is -0.493 e. The zero-order chi connectivity index (χ0) is 21.4. The van der Waals surface area contributed by atoms with Crippen LogP contribution in [0.4, 0.5) is 5.69 Å². The van der Waals surface area contributed by atoms with Gasteiger partial charge in [0, 0.05) is 24.2 Å². The van der Waals surface area contributed by atoms with Gasteiger partial charge in [0.25, 0.3) is 0 Å². The Hall–Kier alpha value is -3.55. The number of rotatable bonds is 9. The van der Waals surface area contributed by atoms with E-state index in [1.807, 2.05) is 0 Å². The van der Waals surface area contributed by atoms with Crippen LogP contribution in [0.3, 0.4) is 0 Å². The number of ketones is 1. The van der Waals surface area contributed by atoms with E-state index >= 15 is 0 Å². The number of carbonyl (C=O) groups is 3. The molecule has 0 radical (unpaired) electrons. The highest BCUT2D eigenvalue weighted by Gasteiger charge is 2.15. The van der Waals surface area contributed by atoms with E-state index in [0.717, 1.165) is 0 Å². The van der Waals surface area contributed by atoms with Gasteiger partial charge in [0.15, 0.2) is 17.3 Å². The molecule has 0 saturated carbocycles. The molecule has 0 unspecified atom stereocenters. The summed E-state index contributed by atoms with van der Waals surface area (Å²) in [5.74, 6) is -0.256. The molecule has 0 spiro atoms. The number of Topliss-reactive ketones (excluding diaryl/α,β-unsaturated/α-hetero) is 1. The highest BCUT2D eigenvalue weighted by molar-refractivity contribution is 5.98. The minimum absolute atomic E-state index is 0.101. The third-order valence-corrected chi connectivity index (χ3v) is 4.16. The molecular formula is C21H23NO7. The summed E-state index contributed by atoms with van der Waals surface area (Å²) in [4.78, 5) is 36.1. The first-order chi connectivity index (χ1) is 13.9. The van der Waals surface area contributed by atoms with Crippen LogP contribution in [0, 0.1) is 0 Å². The van der Waals surface area contributed by atoms with Gasteiger partial charge in [-0.1, -0.05) is 0 Å². The van der Waals surface area contributed by atoms with Crippen molar-refractivity contribution in [3.8, 4) is 11.5 Å². The zero-order valence-electron chi connectivity index (χ0n) is 16.7. The maximum absolute atomic E-state index is 12.5. The molecule has 2 aromatic rings. The summed E-state index contributed by atoms with van der Waals surface area (Å²) >= 11 is 0. The molecule has 0 aliphatic heterocycles. The monoisotopic (exact) mass is 401 g/mol. The van der Waals surface area contributed by atoms with Crippen LogP contribution in [0.1, 0.15) is 37.5 Å². The minimum atomic E-state index is -0.583. The fraction of sp³-hybridized carbons (Fsp3) is 0.286. The normalized spacial score (nSPS) is 10.1. The third-order valence-electron chi connectivity index (χ3n) is 4.16. The summed E-state index contributed by atoms with van der Waals surface area (Å²) in [5.41, 5.74) is 1.38. The maximum Gasteiger partial charge on any atom is 0.337 e. The molecule has 0 bridgehead atoms. The van der Waals surface area contributed by atoms with Crippen molar-refractivity contribution in [1.82, 2.24) is 0 Å². The molecule has 0 aromatic heterocycles. The van der Waals surface area contributed by atoms with E-state index in [9.17, 15) is 14.4 Å². The van der Waals surface area contributed by atoms with E-state index in [1.54, 1.807) is 30.3 Å². The average Bonchev–Trinajstić information content (AvgIpc) is 2.76. The number of ether oxygens (including phenoxy) is 4. The summed E-state index contributed by atoms with van der Waals surface area (Å²) in [5, 5.41) is 3.04. The van der Waals surface area contributed by atoms with Crippen LogP contribution in [0.25, 0.3) is 0 Å². The highest BCUT2D eigenvalue weighted by atomic mass is 16.5. The van der Waals surface area contributed by atoms with Gasteiger partial charge in [-0.3, -0.25) is 4.79 Å². The van der Waals surface area contributed by atoms with Crippen molar-refractivity contribution in [2.75, 3.05) is 40.3 Å². The third kappa shape index (κ3) is 5.47. The van der Waals surface area contributed by atoms with Gasteiger partial charge in [0.05, 0.1) is 39.6 Å². The second kappa shape index (κ2) is 10.1. The van der Waals surface area contributed by atoms with Crippen LogP contribution in [0.5, 0.6) is 11.5 Å². The first-order valence-corrected chi connectivity index (χ1v) is 8.74. The van der Waals surface area contributed by atoms with Crippen LogP contribution in [0.2, 0.25) is 0 Å². The first kappa shape index (κ1) is 21.7. The Morgan fingerprint density at radius 1 is 0.759 bits per heavy atom. The highest BCUT2D eigenvalue weighted by Crippen LogP contribution is 2.28.